The zero-order valence-corrected chi connectivity index (χ0v) is 20.3. The largest absolute Gasteiger partial charge is 0.466 e. The summed E-state index contributed by atoms with van der Waals surface area (Å²) in [5.74, 6) is -1.86. The summed E-state index contributed by atoms with van der Waals surface area (Å²) in [5.41, 5.74) is 7.70. The minimum atomic E-state index is -0.752. The van der Waals surface area contributed by atoms with Gasteiger partial charge in [-0.15, -0.1) is 0 Å². The Balaban J connectivity index is 0.000000589. The normalized spacial score (nSPS) is 15.1. The third-order valence-corrected chi connectivity index (χ3v) is 5.18. The number of rotatable bonds is 8. The monoisotopic (exact) mass is 487 g/mol. The number of nitrogens with one attached hydrogen (secondary N) is 1. The lowest BCUT2D eigenvalue weighted by Gasteiger charge is -2.31. The highest BCUT2D eigenvalue weighted by atomic mass is 35.5. The molecule has 0 radical (unpaired) electrons. The van der Waals surface area contributed by atoms with Gasteiger partial charge in [0.25, 0.3) is 0 Å². The molecule has 1 aromatic heterocycles. The van der Waals surface area contributed by atoms with E-state index in [1.54, 1.807) is 50.5 Å². The number of nitrogens with two attached hydrogens (primary N) is 1. The number of allylic oxidation sites excluding steroid dienone is 1. The zero-order chi connectivity index (χ0) is 24.9. The fourth-order valence-electron chi connectivity index (χ4n) is 3.43. The summed E-state index contributed by atoms with van der Waals surface area (Å²) < 4.78 is 15.8. The molecule has 3 N–H and O–H groups in total. The first-order valence-corrected chi connectivity index (χ1v) is 11.2. The van der Waals surface area contributed by atoms with Crippen molar-refractivity contribution in [3.05, 3.63) is 88.0 Å². The van der Waals surface area contributed by atoms with Gasteiger partial charge in [0.05, 0.1) is 49.7 Å². The van der Waals surface area contributed by atoms with Crippen LogP contribution in [-0.4, -0.2) is 50.4 Å². The van der Waals surface area contributed by atoms with Crippen LogP contribution in [0.25, 0.3) is 0 Å². The molecule has 9 heteroatoms. The standard InChI is InChI=1S/C20H25ClN2O5.C5H5N/c1-4-28-20(25)18-15(11-27-10-9-22)23-12(2)16(19(24)26-3)17(18)13-7-5-6-8-14(13)21;1-2-4-6-5-3-1/h5-8,17,23H,4,9-11,22H2,1-3H3;1-5H. The predicted molar refractivity (Wildman–Crippen MR) is 130 cm³/mol. The quantitative estimate of drug-likeness (QED) is 0.430. The fraction of sp³-hybridized carbons (Fsp3) is 0.320. The van der Waals surface area contributed by atoms with Gasteiger partial charge in [-0.25, -0.2) is 9.59 Å². The number of dihydropyridines is 1. The molecule has 1 unspecified atom stereocenters. The number of halogens is 1. The number of aromatic nitrogens is 1. The topological polar surface area (TPSA) is 113 Å². The number of esters is 2. The number of ether oxygens (including phenoxy) is 3. The summed E-state index contributed by atoms with van der Waals surface area (Å²) >= 11 is 6.42. The molecular formula is C25H30ClN3O5. The Hall–Kier alpha value is -3.20. The van der Waals surface area contributed by atoms with Crippen LogP contribution < -0.4 is 11.1 Å². The number of nitrogens with zero attached hydrogens (tertiary/aromatic N) is 1. The number of hydrogen-bond acceptors (Lipinski definition) is 8. The zero-order valence-electron chi connectivity index (χ0n) is 19.5. The maximum Gasteiger partial charge on any atom is 0.336 e. The smallest absolute Gasteiger partial charge is 0.336 e. The highest BCUT2D eigenvalue weighted by Gasteiger charge is 2.39. The molecule has 1 atom stereocenters. The molecular weight excluding hydrogens is 458 g/mol. The van der Waals surface area contributed by atoms with Gasteiger partial charge in [0.2, 0.25) is 0 Å². The summed E-state index contributed by atoms with van der Waals surface area (Å²) in [5, 5.41) is 3.52. The first-order chi connectivity index (χ1) is 16.5. The first-order valence-electron chi connectivity index (χ1n) is 10.8. The van der Waals surface area contributed by atoms with Crippen molar-refractivity contribution in [1.29, 1.82) is 0 Å². The SMILES string of the molecule is CCOC(=O)C1=C(COCCN)NC(C)=C(C(=O)OC)C1c1ccccc1Cl.c1ccncc1. The molecule has 0 saturated carbocycles. The lowest BCUT2D eigenvalue weighted by atomic mass is 9.80. The van der Waals surface area contributed by atoms with Crippen LogP contribution in [-0.2, 0) is 23.8 Å². The number of carbonyl (C=O) groups excluding carboxylic acids is 2. The number of hydrogen-bond donors (Lipinski definition) is 2. The van der Waals surface area contributed by atoms with Crippen LogP contribution >= 0.6 is 11.6 Å². The molecule has 1 aliphatic heterocycles. The maximum absolute atomic E-state index is 12.9. The van der Waals surface area contributed by atoms with Crippen LogP contribution in [0.1, 0.15) is 25.3 Å². The van der Waals surface area contributed by atoms with Crippen LogP contribution in [0.15, 0.2) is 77.4 Å². The second-order valence-electron chi connectivity index (χ2n) is 7.09. The molecule has 1 aliphatic rings. The van der Waals surface area contributed by atoms with Crippen molar-refractivity contribution in [2.75, 3.05) is 33.5 Å². The van der Waals surface area contributed by atoms with Crippen molar-refractivity contribution in [2.45, 2.75) is 19.8 Å². The van der Waals surface area contributed by atoms with Gasteiger partial charge in [-0.2, -0.15) is 0 Å². The molecule has 3 rings (SSSR count). The van der Waals surface area contributed by atoms with Crippen LogP contribution in [0.4, 0.5) is 0 Å². The van der Waals surface area contributed by atoms with Gasteiger partial charge < -0.3 is 25.3 Å². The van der Waals surface area contributed by atoms with Gasteiger partial charge in [-0.1, -0.05) is 35.9 Å². The summed E-state index contributed by atoms with van der Waals surface area (Å²) in [6, 6.07) is 12.8. The van der Waals surface area contributed by atoms with Gasteiger partial charge in [0.15, 0.2) is 0 Å². The van der Waals surface area contributed by atoms with Crippen molar-refractivity contribution < 1.29 is 23.8 Å². The first kappa shape index (κ1) is 27.0. The van der Waals surface area contributed by atoms with Gasteiger partial charge in [0, 0.05) is 29.7 Å². The molecule has 0 fully saturated rings. The third-order valence-electron chi connectivity index (χ3n) is 4.84. The molecule has 1 aromatic carbocycles. The van der Waals surface area contributed by atoms with E-state index in [0.29, 0.717) is 40.7 Å². The van der Waals surface area contributed by atoms with Crippen LogP contribution in [0.2, 0.25) is 5.02 Å². The summed E-state index contributed by atoms with van der Waals surface area (Å²) in [6.07, 6.45) is 3.50. The van der Waals surface area contributed by atoms with Crippen LogP contribution in [0.5, 0.6) is 0 Å². The van der Waals surface area contributed by atoms with E-state index in [4.69, 9.17) is 31.5 Å². The Morgan fingerprint density at radius 2 is 1.79 bits per heavy atom. The highest BCUT2D eigenvalue weighted by molar-refractivity contribution is 6.31. The van der Waals surface area contributed by atoms with Crippen LogP contribution in [0.3, 0.4) is 0 Å². The van der Waals surface area contributed by atoms with Crippen molar-refractivity contribution in [2.24, 2.45) is 5.73 Å². The van der Waals surface area contributed by atoms with E-state index in [9.17, 15) is 9.59 Å². The van der Waals surface area contributed by atoms with E-state index in [1.807, 2.05) is 18.2 Å². The van der Waals surface area contributed by atoms with Crippen molar-refractivity contribution in [1.82, 2.24) is 10.3 Å². The number of methoxy groups -OCH3 is 1. The Kier molecular flexibility index (Phi) is 11.3. The molecule has 2 aromatic rings. The summed E-state index contributed by atoms with van der Waals surface area (Å²) in [7, 11) is 1.29. The molecule has 0 bridgehead atoms. The van der Waals surface area contributed by atoms with Gasteiger partial charge in [-0.3, -0.25) is 4.98 Å². The number of pyridine rings is 1. The van der Waals surface area contributed by atoms with Crippen molar-refractivity contribution >= 4 is 23.5 Å². The third kappa shape index (κ3) is 7.15. The molecule has 182 valence electrons. The number of carbonyl (C=O) groups is 2. The van der Waals surface area contributed by atoms with E-state index in [-0.39, 0.29) is 18.8 Å². The van der Waals surface area contributed by atoms with Crippen molar-refractivity contribution in [3.8, 4) is 0 Å². The van der Waals surface area contributed by atoms with E-state index in [1.165, 1.54) is 7.11 Å². The second kappa shape index (κ2) is 14.1. The molecule has 0 saturated heterocycles. The maximum atomic E-state index is 12.9. The second-order valence-corrected chi connectivity index (χ2v) is 7.50. The average molecular weight is 488 g/mol. The van der Waals surface area contributed by atoms with Crippen LogP contribution in [0, 0.1) is 0 Å². The molecule has 0 amide bonds. The lowest BCUT2D eigenvalue weighted by Crippen LogP contribution is -2.35. The molecule has 8 nitrogen and oxygen atoms in total. The average Bonchev–Trinajstić information content (AvgIpc) is 2.85. The molecule has 0 spiro atoms. The minimum absolute atomic E-state index is 0.109. The Morgan fingerprint density at radius 3 is 2.32 bits per heavy atom. The summed E-state index contributed by atoms with van der Waals surface area (Å²) in [4.78, 5) is 29.2. The van der Waals surface area contributed by atoms with E-state index in [0.717, 1.165) is 0 Å². The number of benzene rings is 1. The minimum Gasteiger partial charge on any atom is -0.466 e. The Labute approximate surface area is 204 Å². The molecule has 34 heavy (non-hydrogen) atoms. The van der Waals surface area contributed by atoms with E-state index >= 15 is 0 Å². The Bertz CT molecular complexity index is 998. The van der Waals surface area contributed by atoms with Gasteiger partial charge in [0.1, 0.15) is 0 Å². The molecule has 0 aliphatic carbocycles. The van der Waals surface area contributed by atoms with E-state index < -0.39 is 17.9 Å². The summed E-state index contributed by atoms with van der Waals surface area (Å²) in [6.45, 7) is 4.42. The highest BCUT2D eigenvalue weighted by Crippen LogP contribution is 2.41. The van der Waals surface area contributed by atoms with E-state index in [2.05, 4.69) is 10.3 Å². The van der Waals surface area contributed by atoms with Gasteiger partial charge in [-0.05, 0) is 37.6 Å². The fourth-order valence-corrected chi connectivity index (χ4v) is 3.68. The predicted octanol–water partition coefficient (Wildman–Crippen LogP) is 3.35. The molecule has 2 heterocycles. The van der Waals surface area contributed by atoms with Gasteiger partial charge >= 0.3 is 11.9 Å². The Morgan fingerprint density at radius 1 is 1.09 bits per heavy atom. The lowest BCUT2D eigenvalue weighted by molar-refractivity contribution is -0.139. The van der Waals surface area contributed by atoms with Crippen molar-refractivity contribution in [3.63, 3.8) is 0 Å².